The molecule has 0 saturated carbocycles. The molecule has 152 valence electrons. The molecule has 4 nitrogen and oxygen atoms in total. The third-order valence-corrected chi connectivity index (χ3v) is 5.64. The molecule has 0 aliphatic carbocycles. The first-order valence-electron chi connectivity index (χ1n) is 9.81. The molecule has 5 heteroatoms. The maximum Gasteiger partial charge on any atom is 0.191 e. The molecule has 1 atom stereocenters. The van der Waals surface area contributed by atoms with Crippen LogP contribution in [0.5, 0.6) is 0 Å². The Morgan fingerprint density at radius 2 is 1.71 bits per heavy atom. The molecule has 1 saturated heterocycles. The molecule has 3 rings (SSSR count). The van der Waals surface area contributed by atoms with E-state index in [2.05, 4.69) is 78.0 Å². The number of nitrogens with one attached hydrogen (secondary N) is 2. The van der Waals surface area contributed by atoms with Gasteiger partial charge < -0.3 is 15.4 Å². The highest BCUT2D eigenvalue weighted by Gasteiger charge is 2.35. The van der Waals surface area contributed by atoms with Crippen molar-refractivity contribution in [3.8, 4) is 0 Å². The van der Waals surface area contributed by atoms with Gasteiger partial charge in [-0.25, -0.2) is 0 Å². The summed E-state index contributed by atoms with van der Waals surface area (Å²) in [7, 11) is 1.83. The monoisotopic (exact) mass is 493 g/mol. The lowest BCUT2D eigenvalue weighted by Gasteiger charge is -2.39. The quantitative estimate of drug-likeness (QED) is 0.364. The predicted octanol–water partition coefficient (Wildman–Crippen LogP) is 4.59. The summed E-state index contributed by atoms with van der Waals surface area (Å²) in [5.41, 5.74) is 4.10. The molecule has 1 unspecified atom stereocenters. The number of halogens is 1. The van der Waals surface area contributed by atoms with E-state index in [-0.39, 0.29) is 35.4 Å². The van der Waals surface area contributed by atoms with Crippen LogP contribution in [0.3, 0.4) is 0 Å². The van der Waals surface area contributed by atoms with Gasteiger partial charge in [0.05, 0.1) is 6.04 Å². The van der Waals surface area contributed by atoms with E-state index in [4.69, 9.17) is 4.74 Å². The van der Waals surface area contributed by atoms with Crippen molar-refractivity contribution in [2.24, 2.45) is 4.99 Å². The van der Waals surface area contributed by atoms with Crippen LogP contribution in [0, 0.1) is 6.92 Å². The van der Waals surface area contributed by atoms with Crippen molar-refractivity contribution < 1.29 is 4.74 Å². The lowest BCUT2D eigenvalue weighted by atomic mass is 9.72. The van der Waals surface area contributed by atoms with Gasteiger partial charge in [0, 0.05) is 32.2 Å². The number of guanidine groups is 1. The van der Waals surface area contributed by atoms with Crippen molar-refractivity contribution in [1.29, 1.82) is 0 Å². The average Bonchev–Trinajstić information content (AvgIpc) is 2.72. The van der Waals surface area contributed by atoms with Crippen LogP contribution >= 0.6 is 24.0 Å². The molecule has 0 amide bonds. The molecular weight excluding hydrogens is 461 g/mol. The third-order valence-electron chi connectivity index (χ3n) is 5.64. The summed E-state index contributed by atoms with van der Waals surface area (Å²) in [6, 6.07) is 19.4. The van der Waals surface area contributed by atoms with Crippen molar-refractivity contribution >= 4 is 29.9 Å². The summed E-state index contributed by atoms with van der Waals surface area (Å²) in [6.07, 6.45) is 2.05. The summed E-state index contributed by atoms with van der Waals surface area (Å²) in [4.78, 5) is 4.45. The summed E-state index contributed by atoms with van der Waals surface area (Å²) in [6.45, 7) is 6.83. The number of hydrogen-bond donors (Lipinski definition) is 2. The Bertz CT molecular complexity index is 757. The molecular formula is C23H32IN3O. The zero-order valence-corrected chi connectivity index (χ0v) is 19.4. The van der Waals surface area contributed by atoms with Gasteiger partial charge in [-0.05, 0) is 43.4 Å². The van der Waals surface area contributed by atoms with Gasteiger partial charge >= 0.3 is 0 Å². The highest BCUT2D eigenvalue weighted by atomic mass is 127. The first-order chi connectivity index (χ1) is 13.1. The zero-order chi connectivity index (χ0) is 19.1. The van der Waals surface area contributed by atoms with Gasteiger partial charge in [0.15, 0.2) is 5.96 Å². The van der Waals surface area contributed by atoms with Gasteiger partial charge in [0.25, 0.3) is 0 Å². The standard InChI is InChI=1S/C23H31N3O.HI/c1-18-9-7-8-12-21(18)23(13-15-27-16-14-23)17-25-22(24-3)26-19(2)20-10-5-4-6-11-20;/h4-12,19H,13-17H2,1-3H3,(H2,24,25,26);1H. The van der Waals surface area contributed by atoms with Crippen molar-refractivity contribution in [3.05, 3.63) is 71.3 Å². The van der Waals surface area contributed by atoms with E-state index >= 15 is 0 Å². The minimum atomic E-state index is 0. The summed E-state index contributed by atoms with van der Waals surface area (Å²) < 4.78 is 5.67. The van der Waals surface area contributed by atoms with Crippen LogP contribution in [0.1, 0.15) is 42.5 Å². The Morgan fingerprint density at radius 3 is 2.36 bits per heavy atom. The van der Waals surface area contributed by atoms with Crippen LogP contribution in [-0.2, 0) is 10.2 Å². The Labute approximate surface area is 186 Å². The number of rotatable bonds is 5. The Balaban J connectivity index is 0.00000280. The van der Waals surface area contributed by atoms with E-state index < -0.39 is 0 Å². The van der Waals surface area contributed by atoms with Crippen molar-refractivity contribution in [1.82, 2.24) is 10.6 Å². The number of aryl methyl sites for hydroxylation is 1. The van der Waals surface area contributed by atoms with E-state index in [1.165, 1.54) is 16.7 Å². The minimum absolute atomic E-state index is 0. The van der Waals surface area contributed by atoms with Gasteiger partial charge in [-0.1, -0.05) is 54.6 Å². The normalized spacial score (nSPS) is 17.3. The third kappa shape index (κ3) is 5.47. The number of nitrogens with zero attached hydrogens (tertiary/aromatic N) is 1. The topological polar surface area (TPSA) is 45.7 Å². The largest absolute Gasteiger partial charge is 0.381 e. The highest BCUT2D eigenvalue weighted by Crippen LogP contribution is 2.36. The van der Waals surface area contributed by atoms with E-state index in [9.17, 15) is 0 Å². The second-order valence-electron chi connectivity index (χ2n) is 7.41. The van der Waals surface area contributed by atoms with Gasteiger partial charge in [0.1, 0.15) is 0 Å². The summed E-state index contributed by atoms with van der Waals surface area (Å²) in [5, 5.41) is 7.10. The Hall–Kier alpha value is -1.60. The van der Waals surface area contributed by atoms with Gasteiger partial charge in [-0.15, -0.1) is 24.0 Å². The second-order valence-corrected chi connectivity index (χ2v) is 7.41. The molecule has 1 aliphatic heterocycles. The Morgan fingerprint density at radius 1 is 1.07 bits per heavy atom. The molecule has 2 aromatic carbocycles. The van der Waals surface area contributed by atoms with Crippen LogP contribution in [-0.4, -0.2) is 32.8 Å². The summed E-state index contributed by atoms with van der Waals surface area (Å²) >= 11 is 0. The van der Waals surface area contributed by atoms with Crippen molar-refractivity contribution in [2.45, 2.75) is 38.1 Å². The molecule has 28 heavy (non-hydrogen) atoms. The predicted molar refractivity (Wildman–Crippen MR) is 128 cm³/mol. The molecule has 0 aromatic heterocycles. The molecule has 0 spiro atoms. The van der Waals surface area contributed by atoms with Crippen LogP contribution < -0.4 is 10.6 Å². The lowest BCUT2D eigenvalue weighted by molar-refractivity contribution is 0.0511. The Kier molecular flexibility index (Phi) is 8.76. The van der Waals surface area contributed by atoms with Gasteiger partial charge in [-0.2, -0.15) is 0 Å². The lowest BCUT2D eigenvalue weighted by Crippen LogP contribution is -2.48. The SMILES string of the molecule is CN=C(NCC1(c2ccccc2C)CCOCC1)NC(C)c1ccccc1.I. The zero-order valence-electron chi connectivity index (χ0n) is 17.1. The van der Waals surface area contributed by atoms with Crippen molar-refractivity contribution in [3.63, 3.8) is 0 Å². The molecule has 1 heterocycles. The second kappa shape index (κ2) is 10.8. The molecule has 2 N–H and O–H groups in total. The number of hydrogen-bond acceptors (Lipinski definition) is 2. The highest BCUT2D eigenvalue weighted by molar-refractivity contribution is 14.0. The first kappa shape index (κ1) is 22.7. The maximum atomic E-state index is 5.67. The van der Waals surface area contributed by atoms with E-state index in [1.54, 1.807) is 0 Å². The summed E-state index contributed by atoms with van der Waals surface area (Å²) in [5.74, 6) is 0.839. The minimum Gasteiger partial charge on any atom is -0.381 e. The molecule has 1 fully saturated rings. The van der Waals surface area contributed by atoms with E-state index in [1.807, 2.05) is 13.1 Å². The van der Waals surface area contributed by atoms with E-state index in [0.29, 0.717) is 0 Å². The van der Waals surface area contributed by atoms with Crippen molar-refractivity contribution in [2.75, 3.05) is 26.8 Å². The van der Waals surface area contributed by atoms with Crippen LogP contribution in [0.4, 0.5) is 0 Å². The number of benzene rings is 2. The van der Waals surface area contributed by atoms with E-state index in [0.717, 1.165) is 38.6 Å². The molecule has 1 aliphatic rings. The average molecular weight is 493 g/mol. The first-order valence-corrected chi connectivity index (χ1v) is 9.81. The van der Waals surface area contributed by atoms with Crippen LogP contribution in [0.2, 0.25) is 0 Å². The van der Waals surface area contributed by atoms with Gasteiger partial charge in [-0.3, -0.25) is 4.99 Å². The smallest absolute Gasteiger partial charge is 0.191 e. The maximum absolute atomic E-state index is 5.67. The van der Waals surface area contributed by atoms with Crippen LogP contribution in [0.15, 0.2) is 59.6 Å². The molecule has 0 bridgehead atoms. The molecule has 2 aromatic rings. The number of aliphatic imine (C=N–C) groups is 1. The fraction of sp³-hybridized carbons (Fsp3) is 0.435. The fourth-order valence-corrected chi connectivity index (χ4v) is 3.95. The van der Waals surface area contributed by atoms with Crippen LogP contribution in [0.25, 0.3) is 0 Å². The fourth-order valence-electron chi connectivity index (χ4n) is 3.95. The number of ether oxygens (including phenoxy) is 1. The molecule has 0 radical (unpaired) electrons. The van der Waals surface area contributed by atoms with Gasteiger partial charge in [0.2, 0.25) is 0 Å².